The molecular weight excluding hydrogens is 330 g/mol. The zero-order valence-electron chi connectivity index (χ0n) is 13.3. The molecular formula is C15H19N5O3S. The molecule has 0 aromatic carbocycles. The summed E-state index contributed by atoms with van der Waals surface area (Å²) in [7, 11) is -2.30. The van der Waals surface area contributed by atoms with Crippen LogP contribution >= 0.6 is 0 Å². The lowest BCUT2D eigenvalue weighted by Crippen LogP contribution is -2.24. The van der Waals surface area contributed by atoms with Crippen molar-refractivity contribution in [3.8, 4) is 0 Å². The fourth-order valence-corrected chi connectivity index (χ4v) is 3.39. The summed E-state index contributed by atoms with van der Waals surface area (Å²) in [6.45, 7) is 0.335. The number of aromatic amines is 1. The van der Waals surface area contributed by atoms with Gasteiger partial charge < -0.3 is 5.32 Å². The molecule has 1 aliphatic rings. The summed E-state index contributed by atoms with van der Waals surface area (Å²) in [6, 6.07) is 2.74. The summed E-state index contributed by atoms with van der Waals surface area (Å²) in [5.41, 5.74) is 3.53. The van der Waals surface area contributed by atoms with E-state index in [0.29, 0.717) is 12.1 Å². The molecule has 128 valence electrons. The number of pyridine rings is 1. The molecule has 9 heteroatoms. The third-order valence-corrected chi connectivity index (χ3v) is 5.43. The number of amides is 1. The molecule has 2 heterocycles. The quantitative estimate of drug-likeness (QED) is 0.728. The Morgan fingerprint density at radius 2 is 2.08 bits per heavy atom. The van der Waals surface area contributed by atoms with Crippen molar-refractivity contribution in [3.05, 3.63) is 40.8 Å². The highest BCUT2D eigenvalue weighted by atomic mass is 32.2. The van der Waals surface area contributed by atoms with Crippen LogP contribution in [0.4, 0.5) is 0 Å². The molecule has 1 aliphatic carbocycles. The molecule has 1 amide bonds. The minimum Gasteiger partial charge on any atom is -0.346 e. The van der Waals surface area contributed by atoms with Crippen molar-refractivity contribution in [2.45, 2.75) is 37.3 Å². The van der Waals surface area contributed by atoms with E-state index in [0.717, 1.165) is 37.1 Å². The van der Waals surface area contributed by atoms with E-state index >= 15 is 0 Å². The Hall–Kier alpha value is -2.26. The number of aromatic nitrogens is 3. The van der Waals surface area contributed by atoms with Gasteiger partial charge in [-0.15, -0.1) is 0 Å². The third-order valence-electron chi connectivity index (χ3n) is 4.10. The van der Waals surface area contributed by atoms with Crippen LogP contribution in [-0.2, 0) is 29.4 Å². The smallest absolute Gasteiger partial charge is 0.257 e. The van der Waals surface area contributed by atoms with Crippen LogP contribution in [0.3, 0.4) is 0 Å². The Kier molecular flexibility index (Phi) is 4.63. The average Bonchev–Trinajstić information content (AvgIpc) is 3.03. The van der Waals surface area contributed by atoms with Crippen LogP contribution in [-0.4, -0.2) is 36.6 Å². The topological polar surface area (TPSA) is 117 Å². The van der Waals surface area contributed by atoms with Crippen LogP contribution < -0.4 is 10.0 Å². The van der Waals surface area contributed by atoms with E-state index in [1.54, 1.807) is 0 Å². The zero-order valence-corrected chi connectivity index (χ0v) is 14.1. The maximum atomic E-state index is 12.2. The second kappa shape index (κ2) is 6.70. The second-order valence-electron chi connectivity index (χ2n) is 5.61. The number of carbonyl (C=O) groups excluding carboxylic acids is 1. The van der Waals surface area contributed by atoms with Gasteiger partial charge in [0.1, 0.15) is 0 Å². The molecule has 24 heavy (non-hydrogen) atoms. The average molecular weight is 349 g/mol. The van der Waals surface area contributed by atoms with Gasteiger partial charge in [-0.05, 0) is 50.4 Å². The molecule has 0 atom stereocenters. The lowest BCUT2D eigenvalue weighted by atomic mass is 9.96. The zero-order chi connectivity index (χ0) is 17.2. The van der Waals surface area contributed by atoms with Crippen LogP contribution in [0.5, 0.6) is 0 Å². The minimum absolute atomic E-state index is 0.122. The van der Waals surface area contributed by atoms with Crippen LogP contribution in [0.2, 0.25) is 0 Å². The van der Waals surface area contributed by atoms with E-state index in [2.05, 4.69) is 25.2 Å². The number of carbonyl (C=O) groups is 1. The predicted molar refractivity (Wildman–Crippen MR) is 86.9 cm³/mol. The Morgan fingerprint density at radius 3 is 2.79 bits per heavy atom. The number of aryl methyl sites for hydroxylation is 1. The molecule has 0 unspecified atom stereocenters. The summed E-state index contributed by atoms with van der Waals surface area (Å²) in [5.74, 6) is -0.316. The summed E-state index contributed by atoms with van der Waals surface area (Å²) >= 11 is 0. The SMILES string of the molecule is CNS(=O)(=O)c1ccc(C(=O)NCc2n[nH]c3c2CCCC3)cn1. The number of hydrogen-bond acceptors (Lipinski definition) is 5. The molecule has 0 saturated carbocycles. The second-order valence-corrected chi connectivity index (χ2v) is 7.44. The number of fused-ring (bicyclic) bond motifs is 1. The highest BCUT2D eigenvalue weighted by Gasteiger charge is 2.18. The van der Waals surface area contributed by atoms with Gasteiger partial charge in [0, 0.05) is 11.9 Å². The first kappa shape index (κ1) is 16.6. The van der Waals surface area contributed by atoms with Crippen molar-refractivity contribution in [2.24, 2.45) is 0 Å². The Labute approximate surface area is 140 Å². The Bertz CT molecular complexity index is 842. The maximum Gasteiger partial charge on any atom is 0.257 e. The van der Waals surface area contributed by atoms with Gasteiger partial charge in [0.15, 0.2) is 5.03 Å². The lowest BCUT2D eigenvalue weighted by molar-refractivity contribution is 0.0950. The van der Waals surface area contributed by atoms with Gasteiger partial charge in [-0.1, -0.05) is 0 Å². The highest BCUT2D eigenvalue weighted by molar-refractivity contribution is 7.89. The van der Waals surface area contributed by atoms with Crippen molar-refractivity contribution in [1.29, 1.82) is 0 Å². The fourth-order valence-electron chi connectivity index (χ4n) is 2.74. The van der Waals surface area contributed by atoms with Crippen molar-refractivity contribution in [1.82, 2.24) is 25.2 Å². The first-order valence-corrected chi connectivity index (χ1v) is 9.22. The monoisotopic (exact) mass is 349 g/mol. The molecule has 3 rings (SSSR count). The van der Waals surface area contributed by atoms with Crippen molar-refractivity contribution < 1.29 is 13.2 Å². The first-order valence-electron chi connectivity index (χ1n) is 7.74. The summed E-state index contributed by atoms with van der Waals surface area (Å²) in [5, 5.41) is 9.99. The summed E-state index contributed by atoms with van der Waals surface area (Å²) in [6.07, 6.45) is 5.53. The number of nitrogens with zero attached hydrogens (tertiary/aromatic N) is 2. The first-order chi connectivity index (χ1) is 11.5. The molecule has 8 nitrogen and oxygen atoms in total. The number of nitrogens with one attached hydrogen (secondary N) is 3. The molecule has 2 aromatic heterocycles. The Morgan fingerprint density at radius 1 is 1.29 bits per heavy atom. The number of H-pyrrole nitrogens is 1. The van der Waals surface area contributed by atoms with Gasteiger partial charge in [0.05, 0.1) is 17.8 Å². The fraction of sp³-hybridized carbons (Fsp3) is 0.400. The third kappa shape index (κ3) is 3.31. The molecule has 3 N–H and O–H groups in total. The van der Waals surface area contributed by atoms with E-state index in [9.17, 15) is 13.2 Å². The van der Waals surface area contributed by atoms with Gasteiger partial charge in [-0.2, -0.15) is 5.10 Å². The van der Waals surface area contributed by atoms with E-state index in [1.807, 2.05) is 0 Å². The molecule has 0 saturated heterocycles. The van der Waals surface area contributed by atoms with Crippen LogP contribution in [0.25, 0.3) is 0 Å². The number of rotatable bonds is 5. The molecule has 0 radical (unpaired) electrons. The number of sulfonamides is 1. The van der Waals surface area contributed by atoms with Gasteiger partial charge in [-0.3, -0.25) is 9.89 Å². The van der Waals surface area contributed by atoms with Crippen molar-refractivity contribution in [3.63, 3.8) is 0 Å². The van der Waals surface area contributed by atoms with Crippen LogP contribution in [0.15, 0.2) is 23.4 Å². The normalized spacial score (nSPS) is 14.2. The van der Waals surface area contributed by atoms with E-state index in [4.69, 9.17) is 0 Å². The van der Waals surface area contributed by atoms with Crippen molar-refractivity contribution >= 4 is 15.9 Å². The lowest BCUT2D eigenvalue weighted by Gasteiger charge is -2.11. The summed E-state index contributed by atoms with van der Waals surface area (Å²) < 4.78 is 25.4. The van der Waals surface area contributed by atoms with Crippen LogP contribution in [0, 0.1) is 0 Å². The van der Waals surface area contributed by atoms with Gasteiger partial charge in [0.25, 0.3) is 15.9 Å². The Balaban J connectivity index is 1.66. The van der Waals surface area contributed by atoms with Gasteiger partial charge >= 0.3 is 0 Å². The highest BCUT2D eigenvalue weighted by Crippen LogP contribution is 2.22. The minimum atomic E-state index is -3.61. The summed E-state index contributed by atoms with van der Waals surface area (Å²) in [4.78, 5) is 16.0. The largest absolute Gasteiger partial charge is 0.346 e. The molecule has 2 aromatic rings. The van der Waals surface area contributed by atoms with E-state index in [1.165, 1.54) is 30.9 Å². The maximum absolute atomic E-state index is 12.2. The predicted octanol–water partition coefficient (Wildman–Crippen LogP) is 0.522. The number of hydrogen-bond donors (Lipinski definition) is 3. The van der Waals surface area contributed by atoms with Crippen LogP contribution in [0.1, 0.15) is 40.2 Å². The standard InChI is InChI=1S/C15H19N5O3S/c1-16-24(22,23)14-7-6-10(8-17-14)15(21)18-9-13-11-4-2-3-5-12(11)19-20-13/h6-8,16H,2-5,9H2,1H3,(H,18,21)(H,19,20). The van der Waals surface area contributed by atoms with Gasteiger partial charge in [0.2, 0.25) is 0 Å². The molecule has 0 bridgehead atoms. The molecule has 0 aliphatic heterocycles. The molecule has 0 spiro atoms. The van der Waals surface area contributed by atoms with E-state index < -0.39 is 10.0 Å². The van der Waals surface area contributed by atoms with E-state index in [-0.39, 0.29) is 10.9 Å². The van der Waals surface area contributed by atoms with Crippen molar-refractivity contribution in [2.75, 3.05) is 7.05 Å². The molecule has 0 fully saturated rings. The van der Waals surface area contributed by atoms with Gasteiger partial charge in [-0.25, -0.2) is 18.1 Å².